The van der Waals surface area contributed by atoms with E-state index in [0.717, 1.165) is 6.42 Å². The molecule has 2 atom stereocenters. The summed E-state index contributed by atoms with van der Waals surface area (Å²) >= 11 is 0. The minimum Gasteiger partial charge on any atom is -0.481 e. The Hall–Kier alpha value is -0.530. The summed E-state index contributed by atoms with van der Waals surface area (Å²) in [4.78, 5) is 11.1. The molecule has 0 fully saturated rings. The summed E-state index contributed by atoms with van der Waals surface area (Å²) in [6.07, 6.45) is 0.918. The van der Waals surface area contributed by atoms with E-state index in [1.807, 2.05) is 34.6 Å². The van der Waals surface area contributed by atoms with Crippen molar-refractivity contribution in [1.82, 2.24) is 0 Å². The molecule has 0 heterocycles. The second kappa shape index (κ2) is 3.92. The summed E-state index contributed by atoms with van der Waals surface area (Å²) in [5, 5.41) is 9.10. The van der Waals surface area contributed by atoms with E-state index in [-0.39, 0.29) is 11.8 Å². The van der Waals surface area contributed by atoms with Crippen LogP contribution in [0.3, 0.4) is 0 Å². The molecule has 2 heteroatoms. The third-order valence-electron chi connectivity index (χ3n) is 3.30. The molecule has 72 valence electrons. The van der Waals surface area contributed by atoms with Crippen LogP contribution in [0.4, 0.5) is 0 Å². The summed E-state index contributed by atoms with van der Waals surface area (Å²) in [7, 11) is 0. The Morgan fingerprint density at radius 2 is 1.83 bits per heavy atom. The predicted molar refractivity (Wildman–Crippen MR) is 50.0 cm³/mol. The molecular weight excluding hydrogens is 152 g/mol. The van der Waals surface area contributed by atoms with E-state index in [9.17, 15) is 4.79 Å². The van der Waals surface area contributed by atoms with E-state index in [1.165, 1.54) is 0 Å². The average Bonchev–Trinajstić information content (AvgIpc) is 2.00. The molecule has 0 saturated heterocycles. The zero-order valence-corrected chi connectivity index (χ0v) is 8.72. The molecule has 0 amide bonds. The molecule has 0 aliphatic rings. The molecule has 0 aromatic heterocycles. The van der Waals surface area contributed by atoms with Gasteiger partial charge in [-0.1, -0.05) is 34.1 Å². The standard InChI is InChI=1S/C10H20O2/c1-6-8(4)10(5,7(2)3)9(11)12/h7-8H,6H2,1-5H3,(H,11,12). The fourth-order valence-electron chi connectivity index (χ4n) is 1.45. The molecule has 0 spiro atoms. The number of aliphatic carboxylic acids is 1. The normalized spacial score (nSPS) is 18.8. The topological polar surface area (TPSA) is 37.3 Å². The molecule has 1 N–H and O–H groups in total. The first-order chi connectivity index (χ1) is 5.37. The predicted octanol–water partition coefficient (Wildman–Crippen LogP) is 2.78. The number of carboxylic acid groups (broad SMARTS) is 1. The highest BCUT2D eigenvalue weighted by Crippen LogP contribution is 2.37. The maximum absolute atomic E-state index is 11.1. The van der Waals surface area contributed by atoms with E-state index in [0.29, 0.717) is 0 Å². The molecule has 0 aromatic carbocycles. The summed E-state index contributed by atoms with van der Waals surface area (Å²) in [6, 6.07) is 0. The number of hydrogen-bond acceptors (Lipinski definition) is 1. The molecule has 0 bridgehead atoms. The van der Waals surface area contributed by atoms with Gasteiger partial charge in [-0.05, 0) is 18.8 Å². The van der Waals surface area contributed by atoms with Gasteiger partial charge in [0.15, 0.2) is 0 Å². The smallest absolute Gasteiger partial charge is 0.309 e. The maximum atomic E-state index is 11.1. The molecule has 0 rings (SSSR count). The van der Waals surface area contributed by atoms with Crippen molar-refractivity contribution in [3.8, 4) is 0 Å². The van der Waals surface area contributed by atoms with Crippen molar-refractivity contribution in [3.63, 3.8) is 0 Å². The largest absolute Gasteiger partial charge is 0.481 e. The lowest BCUT2D eigenvalue weighted by Crippen LogP contribution is -2.39. The number of rotatable bonds is 4. The van der Waals surface area contributed by atoms with Gasteiger partial charge in [0.2, 0.25) is 0 Å². The lowest BCUT2D eigenvalue weighted by molar-refractivity contribution is -0.154. The van der Waals surface area contributed by atoms with Crippen LogP contribution in [-0.4, -0.2) is 11.1 Å². The van der Waals surface area contributed by atoms with Crippen LogP contribution in [0.2, 0.25) is 0 Å². The summed E-state index contributed by atoms with van der Waals surface area (Å²) in [5.41, 5.74) is -0.575. The van der Waals surface area contributed by atoms with Gasteiger partial charge in [0.05, 0.1) is 5.41 Å². The van der Waals surface area contributed by atoms with Crippen molar-refractivity contribution in [2.45, 2.75) is 41.0 Å². The van der Waals surface area contributed by atoms with E-state index in [2.05, 4.69) is 0 Å². The molecule has 2 unspecified atom stereocenters. The Bertz CT molecular complexity index is 163. The Kier molecular flexibility index (Phi) is 3.75. The van der Waals surface area contributed by atoms with Crippen LogP contribution in [-0.2, 0) is 4.79 Å². The van der Waals surface area contributed by atoms with Gasteiger partial charge in [0.25, 0.3) is 0 Å². The Labute approximate surface area is 75.0 Å². The Balaban J connectivity index is 4.74. The molecular formula is C10H20O2. The van der Waals surface area contributed by atoms with E-state index >= 15 is 0 Å². The zero-order chi connectivity index (χ0) is 9.94. The van der Waals surface area contributed by atoms with Crippen LogP contribution in [0.15, 0.2) is 0 Å². The molecule has 0 radical (unpaired) electrons. The van der Waals surface area contributed by atoms with Crippen LogP contribution >= 0.6 is 0 Å². The zero-order valence-electron chi connectivity index (χ0n) is 8.72. The maximum Gasteiger partial charge on any atom is 0.309 e. The van der Waals surface area contributed by atoms with Crippen molar-refractivity contribution < 1.29 is 9.90 Å². The minimum atomic E-state index is -0.674. The van der Waals surface area contributed by atoms with Crippen LogP contribution in [0, 0.1) is 17.3 Å². The lowest BCUT2D eigenvalue weighted by atomic mass is 9.69. The van der Waals surface area contributed by atoms with Crippen molar-refractivity contribution >= 4 is 5.97 Å². The van der Waals surface area contributed by atoms with Gasteiger partial charge in [-0.25, -0.2) is 0 Å². The average molecular weight is 172 g/mol. The van der Waals surface area contributed by atoms with Crippen LogP contribution in [0.25, 0.3) is 0 Å². The van der Waals surface area contributed by atoms with Gasteiger partial charge in [-0.15, -0.1) is 0 Å². The Morgan fingerprint density at radius 1 is 1.42 bits per heavy atom. The number of carbonyl (C=O) groups is 1. The van der Waals surface area contributed by atoms with Gasteiger partial charge in [0, 0.05) is 0 Å². The van der Waals surface area contributed by atoms with Crippen molar-refractivity contribution in [2.24, 2.45) is 17.3 Å². The second-order valence-electron chi connectivity index (χ2n) is 4.05. The molecule has 12 heavy (non-hydrogen) atoms. The van der Waals surface area contributed by atoms with Crippen LogP contribution < -0.4 is 0 Å². The highest BCUT2D eigenvalue weighted by molar-refractivity contribution is 5.74. The molecule has 0 aliphatic carbocycles. The summed E-state index contributed by atoms with van der Waals surface area (Å²) in [6.45, 7) is 9.83. The number of hydrogen-bond donors (Lipinski definition) is 1. The van der Waals surface area contributed by atoms with Gasteiger partial charge in [-0.3, -0.25) is 4.79 Å². The van der Waals surface area contributed by atoms with Crippen molar-refractivity contribution in [1.29, 1.82) is 0 Å². The van der Waals surface area contributed by atoms with Crippen LogP contribution in [0.5, 0.6) is 0 Å². The van der Waals surface area contributed by atoms with Crippen molar-refractivity contribution in [2.75, 3.05) is 0 Å². The van der Waals surface area contributed by atoms with E-state index in [1.54, 1.807) is 0 Å². The molecule has 0 aromatic rings. The third kappa shape index (κ3) is 1.79. The van der Waals surface area contributed by atoms with Crippen LogP contribution in [0.1, 0.15) is 41.0 Å². The van der Waals surface area contributed by atoms with E-state index in [4.69, 9.17) is 5.11 Å². The minimum absolute atomic E-state index is 0.185. The van der Waals surface area contributed by atoms with Gasteiger partial charge in [0.1, 0.15) is 0 Å². The quantitative estimate of drug-likeness (QED) is 0.708. The molecule has 0 aliphatic heterocycles. The van der Waals surface area contributed by atoms with Crippen molar-refractivity contribution in [3.05, 3.63) is 0 Å². The molecule has 0 saturated carbocycles. The number of carboxylic acids is 1. The fraction of sp³-hybridized carbons (Fsp3) is 0.900. The monoisotopic (exact) mass is 172 g/mol. The fourth-order valence-corrected chi connectivity index (χ4v) is 1.45. The van der Waals surface area contributed by atoms with E-state index < -0.39 is 11.4 Å². The molecule has 2 nitrogen and oxygen atoms in total. The van der Waals surface area contributed by atoms with Gasteiger partial charge in [-0.2, -0.15) is 0 Å². The first kappa shape index (κ1) is 11.5. The highest BCUT2D eigenvalue weighted by Gasteiger charge is 2.40. The highest BCUT2D eigenvalue weighted by atomic mass is 16.4. The Morgan fingerprint density at radius 3 is 1.92 bits per heavy atom. The van der Waals surface area contributed by atoms with Gasteiger partial charge >= 0.3 is 5.97 Å². The van der Waals surface area contributed by atoms with Gasteiger partial charge < -0.3 is 5.11 Å². The second-order valence-corrected chi connectivity index (χ2v) is 4.05. The lowest BCUT2D eigenvalue weighted by Gasteiger charge is -2.34. The third-order valence-corrected chi connectivity index (χ3v) is 3.30. The first-order valence-corrected chi connectivity index (χ1v) is 4.60. The SMILES string of the molecule is CCC(C)C(C)(C(=O)O)C(C)C. The first-order valence-electron chi connectivity index (χ1n) is 4.60. The summed E-state index contributed by atoms with van der Waals surface area (Å²) in [5.74, 6) is -0.258. The summed E-state index contributed by atoms with van der Waals surface area (Å²) < 4.78 is 0.